The third kappa shape index (κ3) is 7.86. The minimum Gasteiger partial charge on any atom is -0.546 e. The van der Waals surface area contributed by atoms with Crippen molar-refractivity contribution in [2.75, 3.05) is 23.8 Å². The number of hydrogen-bond acceptors (Lipinski definition) is 15. The van der Waals surface area contributed by atoms with Crippen LogP contribution in [-0.2, 0) is 24.0 Å². The zero-order valence-electron chi connectivity index (χ0n) is 22.9. The quantitative estimate of drug-likeness (QED) is 0.0668. The number of oxime groups is 1. The van der Waals surface area contributed by atoms with Gasteiger partial charge in [0.15, 0.2) is 22.9 Å². The molecule has 0 unspecified atom stereocenters. The van der Waals surface area contributed by atoms with Gasteiger partial charge in [-0.15, -0.1) is 46.2 Å². The number of anilines is 1. The molecule has 1 saturated heterocycles. The van der Waals surface area contributed by atoms with Crippen LogP contribution in [-0.4, -0.2) is 68.9 Å². The molecule has 2 aromatic heterocycles. The number of benzene rings is 1. The van der Waals surface area contributed by atoms with Crippen LogP contribution in [0.15, 0.2) is 55.1 Å². The maximum atomic E-state index is 13.7. The van der Waals surface area contributed by atoms with Gasteiger partial charge in [0, 0.05) is 33.0 Å². The average molecular weight is 696 g/mol. The van der Waals surface area contributed by atoms with Crippen molar-refractivity contribution in [1.82, 2.24) is 15.2 Å². The van der Waals surface area contributed by atoms with Crippen LogP contribution in [0, 0.1) is 5.82 Å². The fourth-order valence-corrected chi connectivity index (χ4v) is 8.36. The number of rotatable bonds is 10. The molecule has 2 atom stereocenters. The molecule has 20 heteroatoms. The fourth-order valence-electron chi connectivity index (χ4n) is 4.08. The van der Waals surface area contributed by atoms with Crippen molar-refractivity contribution < 1.29 is 97.7 Å². The van der Waals surface area contributed by atoms with Gasteiger partial charge in [0.2, 0.25) is 0 Å². The van der Waals surface area contributed by atoms with E-state index in [-0.39, 0.29) is 92.6 Å². The third-order valence-electron chi connectivity index (χ3n) is 5.90. The second-order valence-electron chi connectivity index (χ2n) is 8.62. The van der Waals surface area contributed by atoms with E-state index in [1.807, 2.05) is 0 Å². The summed E-state index contributed by atoms with van der Waals surface area (Å²) in [6, 6.07) is 4.09. The van der Waals surface area contributed by atoms with Gasteiger partial charge in [-0.1, -0.05) is 5.16 Å². The first kappa shape index (κ1) is 36.5. The number of amides is 2. The second-order valence-corrected chi connectivity index (χ2v) is 13.0. The van der Waals surface area contributed by atoms with E-state index in [1.165, 1.54) is 64.5 Å². The van der Waals surface area contributed by atoms with Gasteiger partial charge < -0.3 is 35.7 Å². The van der Waals surface area contributed by atoms with Crippen molar-refractivity contribution in [1.29, 1.82) is 0 Å². The number of carboxylic acid groups (broad SMARTS) is 2. The number of thioether (sulfide) groups is 2. The summed E-state index contributed by atoms with van der Waals surface area (Å²) in [4.78, 5) is 70.8. The maximum absolute atomic E-state index is 13.7. The molecule has 0 saturated carbocycles. The van der Waals surface area contributed by atoms with Gasteiger partial charge >= 0.3 is 59.1 Å². The van der Waals surface area contributed by atoms with Crippen molar-refractivity contribution in [2.24, 2.45) is 5.16 Å². The third-order valence-corrected chi connectivity index (χ3v) is 10.3. The summed E-state index contributed by atoms with van der Waals surface area (Å²) in [5.74, 6) is -5.03. The molecule has 0 spiro atoms. The molecule has 2 aliphatic rings. The first-order chi connectivity index (χ1) is 20.0. The van der Waals surface area contributed by atoms with E-state index in [0.717, 1.165) is 16.2 Å². The summed E-state index contributed by atoms with van der Waals surface area (Å²) < 4.78 is 14.7. The average Bonchev–Trinajstić information content (AvgIpc) is 3.37. The van der Waals surface area contributed by atoms with Gasteiger partial charge in [0.25, 0.3) is 11.8 Å². The number of β-lactam (4-membered cyclic amide) rings is 1. The van der Waals surface area contributed by atoms with Gasteiger partial charge in [-0.05, 0) is 23.8 Å². The molecular weight excluding hydrogens is 680 g/mol. The summed E-state index contributed by atoms with van der Waals surface area (Å²) in [7, 11) is 0. The Morgan fingerprint density at radius 2 is 1.98 bits per heavy atom. The van der Waals surface area contributed by atoms with Crippen molar-refractivity contribution in [2.45, 2.75) is 15.6 Å². The number of nitrogens with one attached hydrogen (secondary N) is 1. The molecule has 218 valence electrons. The number of fused-ring (bicyclic) bond motifs is 2. The molecule has 3 aromatic rings. The van der Waals surface area contributed by atoms with Crippen LogP contribution in [0.5, 0.6) is 0 Å². The molecule has 0 radical (unpaired) electrons. The Kier molecular flexibility index (Phi) is 12.9. The van der Waals surface area contributed by atoms with E-state index in [0.29, 0.717) is 19.9 Å². The minimum absolute atomic E-state index is 0. The molecule has 0 bridgehead atoms. The number of carbonyl (C=O) groups is 4. The largest absolute Gasteiger partial charge is 1.00 e. The number of nitrogen functional groups attached to an aromatic ring is 1. The van der Waals surface area contributed by atoms with Crippen molar-refractivity contribution in [3.05, 3.63) is 62.7 Å². The Bertz CT molecular complexity index is 1770. The van der Waals surface area contributed by atoms with Crippen LogP contribution >= 0.6 is 46.2 Å². The number of nitrogens with zero attached hydrogens (tertiary/aromatic N) is 3. The monoisotopic (exact) mass is 695 g/mol. The SMILES string of the molecule is Nc1nc(/C(=N/OCC(=O)[O-])C(=O)N[C@@H]2C(=O)N3C(C(=O)[O-])=C(CSc4cc(=O)c5ccc(F)cc5s4)CS[C@@H]23)cs1.[Na+].[Na+]. The molecule has 44 heavy (non-hydrogen) atoms. The predicted octanol–water partition coefficient (Wildman–Crippen LogP) is -6.89. The van der Waals surface area contributed by atoms with Crippen molar-refractivity contribution in [3.63, 3.8) is 0 Å². The second kappa shape index (κ2) is 15.5. The Hall–Kier alpha value is -2.00. The summed E-state index contributed by atoms with van der Waals surface area (Å²) in [5.41, 5.74) is 4.87. The summed E-state index contributed by atoms with van der Waals surface area (Å²) in [6.07, 6.45) is 0. The normalized spacial score (nSPS) is 17.6. The summed E-state index contributed by atoms with van der Waals surface area (Å²) in [6.45, 7) is -0.946. The van der Waals surface area contributed by atoms with E-state index in [4.69, 9.17) is 5.73 Å². The first-order valence-electron chi connectivity index (χ1n) is 11.7. The number of carbonyl (C=O) groups excluding carboxylic acids is 4. The number of carboxylic acids is 2. The topological polar surface area (TPSA) is 207 Å². The van der Waals surface area contributed by atoms with E-state index in [2.05, 4.69) is 20.3 Å². The van der Waals surface area contributed by atoms with E-state index in [9.17, 15) is 38.6 Å². The molecule has 2 aliphatic heterocycles. The number of nitrogens with two attached hydrogens (primary N) is 1. The van der Waals surface area contributed by atoms with Crippen LogP contribution in [0.3, 0.4) is 0 Å². The van der Waals surface area contributed by atoms with Crippen molar-refractivity contribution >= 4 is 90.9 Å². The van der Waals surface area contributed by atoms with Crippen molar-refractivity contribution in [3.8, 4) is 0 Å². The van der Waals surface area contributed by atoms with Crippen LogP contribution in [0.2, 0.25) is 0 Å². The molecule has 13 nitrogen and oxygen atoms in total. The number of thiazole rings is 1. The van der Waals surface area contributed by atoms with Gasteiger partial charge in [0.1, 0.15) is 22.9 Å². The number of aliphatic carboxylic acids is 2. The molecule has 1 fully saturated rings. The van der Waals surface area contributed by atoms with E-state index in [1.54, 1.807) is 0 Å². The Morgan fingerprint density at radius 3 is 2.64 bits per heavy atom. The van der Waals surface area contributed by atoms with Crippen LogP contribution in [0.4, 0.5) is 9.52 Å². The fraction of sp³-hybridized carbons (Fsp3) is 0.208. The summed E-state index contributed by atoms with van der Waals surface area (Å²) >= 11 is 4.54. The van der Waals surface area contributed by atoms with Crippen LogP contribution in [0.1, 0.15) is 5.69 Å². The maximum Gasteiger partial charge on any atom is 1.00 e. The van der Waals surface area contributed by atoms with E-state index >= 15 is 0 Å². The molecule has 4 heterocycles. The zero-order valence-corrected chi connectivity index (χ0v) is 30.1. The predicted molar refractivity (Wildman–Crippen MR) is 150 cm³/mol. The molecule has 3 N–H and O–H groups in total. The van der Waals surface area contributed by atoms with Gasteiger partial charge in [-0.3, -0.25) is 19.3 Å². The summed E-state index contributed by atoms with van der Waals surface area (Å²) in [5, 5.41) is 29.8. The van der Waals surface area contributed by atoms with Crippen LogP contribution in [0.25, 0.3) is 10.1 Å². The Morgan fingerprint density at radius 1 is 1.23 bits per heavy atom. The number of aromatic nitrogens is 1. The molecule has 1 aromatic carbocycles. The Labute approximate surface area is 308 Å². The first-order valence-corrected chi connectivity index (χ1v) is 15.4. The Balaban J connectivity index is 0.00000264. The number of halogens is 1. The zero-order chi connectivity index (χ0) is 30.1. The molecule has 5 rings (SSSR count). The van der Waals surface area contributed by atoms with Gasteiger partial charge in [0.05, 0.1) is 21.8 Å². The smallest absolute Gasteiger partial charge is 0.546 e. The number of hydrogen-bond donors (Lipinski definition) is 2. The van der Waals surface area contributed by atoms with Gasteiger partial charge in [-0.25, -0.2) is 9.37 Å². The standard InChI is InChI=1S/C24H18FN5O8S4.2Na/c25-10-1-2-11-13(31)4-16(42-14(11)3-10)39-6-9-7-40-22-18(21(35)30(22)19(9)23(36)37)28-20(34)17(29-38-5-15(32)33)12-8-41-24(26)27-12;;/h1-4,8,18,22H,5-7H2,(H2,26,27)(H,28,34)(H,32,33)(H,36,37);;/q;2*+1/p-2/b29-17-;;/t18-,22+;;/m1../s1. The van der Waals surface area contributed by atoms with Crippen LogP contribution < -0.4 is 85.8 Å². The molecule has 0 aliphatic carbocycles. The van der Waals surface area contributed by atoms with E-state index < -0.39 is 53.3 Å². The minimum atomic E-state index is -1.58. The molecule has 2 amide bonds. The van der Waals surface area contributed by atoms with Gasteiger partial charge in [-0.2, -0.15) is 0 Å². The molecular formula is C24H16FN5Na2O8S4.